The molecule has 1 aromatic carbocycles. The molecule has 0 spiro atoms. The number of hydrogen-bond acceptors (Lipinski definition) is 5. The smallest absolute Gasteiger partial charge is 0.241 e. The van der Waals surface area contributed by atoms with Crippen molar-refractivity contribution in [2.75, 3.05) is 6.54 Å². The van der Waals surface area contributed by atoms with Gasteiger partial charge in [0.2, 0.25) is 5.91 Å². The maximum Gasteiger partial charge on any atom is 0.241 e. The number of nitrogens with one attached hydrogen (secondary N) is 1. The number of hydrogen-bond donors (Lipinski definition) is 1. The molecule has 1 N–H and O–H groups in total. The van der Waals surface area contributed by atoms with E-state index in [1.165, 1.54) is 4.68 Å². The van der Waals surface area contributed by atoms with Gasteiger partial charge < -0.3 is 5.32 Å². The first-order chi connectivity index (χ1) is 11.7. The fraction of sp³-hybridized carbons (Fsp3) is 0.353. The monoisotopic (exact) mass is 322 g/mol. The second kappa shape index (κ2) is 7.04. The summed E-state index contributed by atoms with van der Waals surface area (Å²) in [6, 6.07) is 9.64. The first-order valence-electron chi connectivity index (χ1n) is 7.80. The largest absolute Gasteiger partial charge is 0.354 e. The van der Waals surface area contributed by atoms with Crippen LogP contribution in [0.2, 0.25) is 0 Å². The normalized spacial score (nSPS) is 14.1. The van der Waals surface area contributed by atoms with Crippen LogP contribution in [0, 0.1) is 12.3 Å². The molecule has 0 atom stereocenters. The van der Waals surface area contributed by atoms with E-state index in [-0.39, 0.29) is 18.1 Å². The zero-order valence-corrected chi connectivity index (χ0v) is 13.2. The maximum absolute atomic E-state index is 12.0. The topological polar surface area (TPSA) is 84.5 Å². The van der Waals surface area contributed by atoms with Crippen molar-refractivity contribution in [1.82, 2.24) is 20.1 Å². The lowest BCUT2D eigenvalue weighted by atomic mass is 10.0. The highest BCUT2D eigenvalue weighted by Gasteiger charge is 2.38. The molecule has 1 aliphatic heterocycles. The molecule has 0 fully saturated rings. The molecule has 0 aliphatic carbocycles. The van der Waals surface area contributed by atoms with Crippen LogP contribution in [0.4, 0.5) is 0 Å². The van der Waals surface area contributed by atoms with Crippen LogP contribution in [0.25, 0.3) is 11.4 Å². The Balaban J connectivity index is 1.44. The van der Waals surface area contributed by atoms with E-state index in [2.05, 4.69) is 31.5 Å². The van der Waals surface area contributed by atoms with E-state index in [4.69, 9.17) is 6.42 Å². The number of carbonyl (C=O) groups is 1. The lowest BCUT2D eigenvalue weighted by molar-refractivity contribution is -0.121. The highest BCUT2D eigenvalue weighted by molar-refractivity contribution is 5.75. The summed E-state index contributed by atoms with van der Waals surface area (Å²) in [5, 5.41) is 15.2. The maximum atomic E-state index is 12.0. The summed E-state index contributed by atoms with van der Waals surface area (Å²) < 4.78 is 1.53. The second-order valence-corrected chi connectivity index (χ2v) is 5.62. The molecule has 2 aromatic rings. The third-order valence-corrected chi connectivity index (χ3v) is 3.77. The number of carbonyl (C=O) groups excluding carboxylic acids is 1. The Hall–Kier alpha value is -3.01. The van der Waals surface area contributed by atoms with Gasteiger partial charge >= 0.3 is 0 Å². The van der Waals surface area contributed by atoms with Crippen LogP contribution in [-0.4, -0.2) is 32.9 Å². The first kappa shape index (κ1) is 15.9. The van der Waals surface area contributed by atoms with E-state index in [9.17, 15) is 4.79 Å². The van der Waals surface area contributed by atoms with Gasteiger partial charge in [-0.2, -0.15) is 15.3 Å². The minimum Gasteiger partial charge on any atom is -0.354 e. The molecular weight excluding hydrogens is 304 g/mol. The van der Waals surface area contributed by atoms with Gasteiger partial charge in [-0.25, -0.2) is 9.67 Å². The van der Waals surface area contributed by atoms with Gasteiger partial charge in [0, 0.05) is 31.4 Å². The number of aromatic nitrogens is 3. The van der Waals surface area contributed by atoms with Gasteiger partial charge in [0.25, 0.3) is 0 Å². The van der Waals surface area contributed by atoms with Crippen LogP contribution >= 0.6 is 0 Å². The van der Waals surface area contributed by atoms with Gasteiger partial charge in [-0.05, 0) is 0 Å². The van der Waals surface area contributed by atoms with Gasteiger partial charge in [0.05, 0.1) is 0 Å². The van der Waals surface area contributed by atoms with Crippen LogP contribution in [0.1, 0.15) is 19.3 Å². The zero-order chi connectivity index (χ0) is 16.8. The fourth-order valence-corrected chi connectivity index (χ4v) is 2.36. The summed E-state index contributed by atoms with van der Waals surface area (Å²) in [7, 11) is 0. The molecular formula is C17H18N6O. The predicted octanol–water partition coefficient (Wildman–Crippen LogP) is 2.03. The summed E-state index contributed by atoms with van der Waals surface area (Å²) in [6.07, 6.45) is 8.86. The SMILES string of the molecule is C#CCCC1(CCNC(=O)Cn2cnc(-c3ccccc3)n2)N=N1. The Kier molecular flexibility index (Phi) is 4.66. The van der Waals surface area contributed by atoms with E-state index >= 15 is 0 Å². The van der Waals surface area contributed by atoms with Crippen molar-refractivity contribution in [1.29, 1.82) is 0 Å². The number of terminal acetylenes is 1. The van der Waals surface area contributed by atoms with Crippen LogP contribution in [0.5, 0.6) is 0 Å². The van der Waals surface area contributed by atoms with Gasteiger partial charge in [-0.15, -0.1) is 12.3 Å². The summed E-state index contributed by atoms with van der Waals surface area (Å²) >= 11 is 0. The molecule has 7 nitrogen and oxygen atoms in total. The molecule has 1 amide bonds. The van der Waals surface area contributed by atoms with E-state index in [0.717, 1.165) is 12.0 Å². The Morgan fingerprint density at radius 1 is 1.25 bits per heavy atom. The highest BCUT2D eigenvalue weighted by Crippen LogP contribution is 2.35. The third-order valence-electron chi connectivity index (χ3n) is 3.77. The van der Waals surface area contributed by atoms with Crippen molar-refractivity contribution in [2.24, 2.45) is 10.2 Å². The molecule has 1 aliphatic rings. The van der Waals surface area contributed by atoms with Crippen LogP contribution in [0.15, 0.2) is 46.9 Å². The number of nitrogens with zero attached hydrogens (tertiary/aromatic N) is 5. The average molecular weight is 322 g/mol. The number of rotatable bonds is 8. The molecule has 3 rings (SSSR count). The number of amides is 1. The van der Waals surface area contributed by atoms with E-state index in [0.29, 0.717) is 25.2 Å². The average Bonchev–Trinajstić information content (AvgIpc) is 3.22. The predicted molar refractivity (Wildman–Crippen MR) is 88.7 cm³/mol. The minimum atomic E-state index is -0.368. The molecule has 0 radical (unpaired) electrons. The molecule has 24 heavy (non-hydrogen) atoms. The Bertz CT molecular complexity index is 768. The molecule has 122 valence electrons. The fourth-order valence-electron chi connectivity index (χ4n) is 2.36. The zero-order valence-electron chi connectivity index (χ0n) is 13.2. The molecule has 0 saturated heterocycles. The van der Waals surface area contributed by atoms with Gasteiger partial charge in [0.1, 0.15) is 12.9 Å². The molecule has 0 bridgehead atoms. The lowest BCUT2D eigenvalue weighted by Crippen LogP contribution is -2.31. The summed E-state index contributed by atoms with van der Waals surface area (Å²) in [5.74, 6) is 3.07. The van der Waals surface area contributed by atoms with Gasteiger partial charge in [-0.3, -0.25) is 4.79 Å². The lowest BCUT2D eigenvalue weighted by Gasteiger charge is -2.09. The van der Waals surface area contributed by atoms with Crippen molar-refractivity contribution in [3.05, 3.63) is 36.7 Å². The van der Waals surface area contributed by atoms with Gasteiger partial charge in [-0.1, -0.05) is 30.3 Å². The van der Waals surface area contributed by atoms with Gasteiger partial charge in [0.15, 0.2) is 11.5 Å². The minimum absolute atomic E-state index is 0.118. The summed E-state index contributed by atoms with van der Waals surface area (Å²) in [4.78, 5) is 16.2. The highest BCUT2D eigenvalue weighted by atomic mass is 16.2. The third kappa shape index (κ3) is 4.04. The Morgan fingerprint density at radius 2 is 2.04 bits per heavy atom. The molecule has 7 heteroatoms. The quantitative estimate of drug-likeness (QED) is 0.755. The Labute approximate surface area is 140 Å². The number of benzene rings is 1. The van der Waals surface area contributed by atoms with Crippen molar-refractivity contribution in [3.63, 3.8) is 0 Å². The molecule has 0 unspecified atom stereocenters. The van der Waals surface area contributed by atoms with Crippen LogP contribution in [0.3, 0.4) is 0 Å². The van der Waals surface area contributed by atoms with E-state index in [1.807, 2.05) is 30.3 Å². The first-order valence-corrected chi connectivity index (χ1v) is 7.80. The molecule has 0 saturated carbocycles. The molecule has 2 heterocycles. The van der Waals surface area contributed by atoms with Crippen LogP contribution < -0.4 is 5.32 Å². The standard InChI is InChI=1S/C17H18N6O/c1-2-3-9-17(21-22-17)10-11-18-15(24)12-23-13-19-16(20-23)14-7-5-4-6-8-14/h1,4-8,13H,3,9-12H2,(H,18,24). The van der Waals surface area contributed by atoms with Crippen LogP contribution in [-0.2, 0) is 11.3 Å². The Morgan fingerprint density at radius 3 is 2.75 bits per heavy atom. The van der Waals surface area contributed by atoms with Crippen molar-refractivity contribution in [2.45, 2.75) is 31.5 Å². The second-order valence-electron chi connectivity index (χ2n) is 5.62. The van der Waals surface area contributed by atoms with E-state index < -0.39 is 0 Å². The molecule has 1 aromatic heterocycles. The van der Waals surface area contributed by atoms with Crippen molar-refractivity contribution < 1.29 is 4.79 Å². The van der Waals surface area contributed by atoms with Crippen molar-refractivity contribution >= 4 is 5.91 Å². The van der Waals surface area contributed by atoms with Crippen molar-refractivity contribution in [3.8, 4) is 23.7 Å². The van der Waals surface area contributed by atoms with E-state index in [1.54, 1.807) is 6.33 Å². The summed E-state index contributed by atoms with van der Waals surface area (Å²) in [5.41, 5.74) is 0.553. The summed E-state index contributed by atoms with van der Waals surface area (Å²) in [6.45, 7) is 0.641.